The van der Waals surface area contributed by atoms with Crippen LogP contribution in [0.2, 0.25) is 0 Å². The average Bonchev–Trinajstić information content (AvgIpc) is 3.26. The molecule has 152 valence electrons. The molecule has 1 amide bonds. The molecule has 2 heterocycles. The summed E-state index contributed by atoms with van der Waals surface area (Å²) in [6.07, 6.45) is 0. The highest BCUT2D eigenvalue weighted by Crippen LogP contribution is 2.26. The van der Waals surface area contributed by atoms with Crippen molar-refractivity contribution in [2.24, 2.45) is 5.73 Å². The largest absolute Gasteiger partial charge is 0.368 e. The topological polar surface area (TPSA) is 90.0 Å². The van der Waals surface area contributed by atoms with Gasteiger partial charge in [0.1, 0.15) is 18.2 Å². The Morgan fingerprint density at radius 3 is 2.60 bits per heavy atom. The monoisotopic (exact) mass is 422 g/mol. The minimum Gasteiger partial charge on any atom is -0.368 e. The summed E-state index contributed by atoms with van der Waals surface area (Å²) in [4.78, 5) is 30.1. The van der Waals surface area contributed by atoms with Gasteiger partial charge in [-0.2, -0.15) is 0 Å². The van der Waals surface area contributed by atoms with Crippen LogP contribution in [0.25, 0.3) is 10.9 Å². The van der Waals surface area contributed by atoms with Gasteiger partial charge in [0.25, 0.3) is 5.56 Å². The minimum atomic E-state index is -0.622. The highest BCUT2D eigenvalue weighted by atomic mass is 32.1. The molecule has 0 radical (unpaired) electrons. The van der Waals surface area contributed by atoms with Crippen molar-refractivity contribution in [3.8, 4) is 0 Å². The Bertz CT molecular complexity index is 1240. The van der Waals surface area contributed by atoms with E-state index in [0.29, 0.717) is 16.7 Å². The molecule has 0 aliphatic heterocycles. The lowest BCUT2D eigenvalue weighted by Gasteiger charge is -2.20. The van der Waals surface area contributed by atoms with E-state index in [1.165, 1.54) is 16.7 Å². The predicted molar refractivity (Wildman–Crippen MR) is 115 cm³/mol. The first-order valence-electron chi connectivity index (χ1n) is 9.32. The number of carbonyl (C=O) groups excluding carboxylic acids is 1. The molecule has 4 rings (SSSR count). The maximum absolute atomic E-state index is 13.4. The summed E-state index contributed by atoms with van der Waals surface area (Å²) in [7, 11) is 0. The van der Waals surface area contributed by atoms with E-state index in [1.807, 2.05) is 17.5 Å². The summed E-state index contributed by atoms with van der Waals surface area (Å²) in [6.45, 7) is -0.0405. The lowest BCUT2D eigenvalue weighted by Crippen LogP contribution is -2.34. The molecule has 30 heavy (non-hydrogen) atoms. The zero-order valence-electron chi connectivity index (χ0n) is 15.9. The standard InChI is InChI=1S/C22H19FN4O2S/c23-15-9-7-14(8-10-15)21(18-6-3-11-30-18)25-12-20-26-17-5-2-1-4-16(17)22(29)27(20)13-19(24)28/h1-11,21,25H,12-13H2,(H2,24,28)/t21-/m0/s1. The van der Waals surface area contributed by atoms with E-state index in [-0.39, 0.29) is 30.5 Å². The van der Waals surface area contributed by atoms with Crippen molar-refractivity contribution in [3.63, 3.8) is 0 Å². The summed E-state index contributed by atoms with van der Waals surface area (Å²) in [5, 5.41) is 5.78. The van der Waals surface area contributed by atoms with E-state index in [2.05, 4.69) is 10.3 Å². The van der Waals surface area contributed by atoms with Gasteiger partial charge >= 0.3 is 0 Å². The number of nitrogens with two attached hydrogens (primary N) is 1. The van der Waals surface area contributed by atoms with Gasteiger partial charge in [-0.15, -0.1) is 11.3 Å². The number of halogens is 1. The smallest absolute Gasteiger partial charge is 0.261 e. The van der Waals surface area contributed by atoms with Crippen molar-refractivity contribution in [2.75, 3.05) is 0 Å². The third-order valence-corrected chi connectivity index (χ3v) is 5.69. The fraction of sp³-hybridized carbons (Fsp3) is 0.136. The van der Waals surface area contributed by atoms with Gasteiger partial charge in [0.2, 0.25) is 5.91 Å². The molecule has 6 nitrogen and oxygen atoms in total. The number of primary amides is 1. The molecule has 4 aromatic rings. The van der Waals surface area contributed by atoms with Gasteiger partial charge in [-0.05, 0) is 41.3 Å². The van der Waals surface area contributed by atoms with Gasteiger partial charge in [-0.1, -0.05) is 30.3 Å². The van der Waals surface area contributed by atoms with E-state index >= 15 is 0 Å². The zero-order valence-corrected chi connectivity index (χ0v) is 16.7. The molecule has 0 saturated heterocycles. The second-order valence-electron chi connectivity index (χ2n) is 6.78. The molecule has 0 aliphatic rings. The molecule has 0 saturated carbocycles. The van der Waals surface area contributed by atoms with Gasteiger partial charge in [0, 0.05) is 4.88 Å². The fourth-order valence-corrected chi connectivity index (χ4v) is 4.18. The highest BCUT2D eigenvalue weighted by Gasteiger charge is 2.18. The van der Waals surface area contributed by atoms with E-state index in [0.717, 1.165) is 10.4 Å². The molecular weight excluding hydrogens is 403 g/mol. The van der Waals surface area contributed by atoms with Crippen molar-refractivity contribution in [1.82, 2.24) is 14.9 Å². The van der Waals surface area contributed by atoms with Crippen LogP contribution in [0.5, 0.6) is 0 Å². The number of fused-ring (bicyclic) bond motifs is 1. The number of aromatic nitrogens is 2. The summed E-state index contributed by atoms with van der Waals surface area (Å²) in [5.41, 5.74) is 6.48. The third-order valence-electron chi connectivity index (χ3n) is 4.75. The number of rotatable bonds is 7. The van der Waals surface area contributed by atoms with E-state index in [1.54, 1.807) is 47.7 Å². The second-order valence-corrected chi connectivity index (χ2v) is 7.76. The number of amides is 1. The molecule has 2 aromatic carbocycles. The predicted octanol–water partition coefficient (Wildman–Crippen LogP) is 2.96. The molecule has 2 aromatic heterocycles. The Morgan fingerprint density at radius 2 is 1.90 bits per heavy atom. The van der Waals surface area contributed by atoms with Gasteiger partial charge in [-0.3, -0.25) is 19.5 Å². The van der Waals surface area contributed by atoms with Crippen LogP contribution in [0.4, 0.5) is 4.39 Å². The van der Waals surface area contributed by atoms with E-state index < -0.39 is 5.91 Å². The van der Waals surface area contributed by atoms with Crippen LogP contribution < -0.4 is 16.6 Å². The first kappa shape index (κ1) is 19.9. The van der Waals surface area contributed by atoms with Crippen LogP contribution in [-0.2, 0) is 17.9 Å². The van der Waals surface area contributed by atoms with Crippen LogP contribution in [0.3, 0.4) is 0 Å². The Kier molecular flexibility index (Phi) is 5.69. The van der Waals surface area contributed by atoms with E-state index in [4.69, 9.17) is 5.73 Å². The molecule has 0 aliphatic carbocycles. The SMILES string of the molecule is NC(=O)Cn1c(CN[C@@H](c2ccc(F)cc2)c2cccs2)nc2ccccc2c1=O. The average molecular weight is 422 g/mol. The quantitative estimate of drug-likeness (QED) is 0.479. The summed E-state index contributed by atoms with van der Waals surface area (Å²) >= 11 is 1.57. The summed E-state index contributed by atoms with van der Waals surface area (Å²) in [6, 6.07) is 16.9. The number of carbonyl (C=O) groups is 1. The van der Waals surface area contributed by atoms with Gasteiger partial charge in [-0.25, -0.2) is 9.37 Å². The van der Waals surface area contributed by atoms with E-state index in [9.17, 15) is 14.0 Å². The molecular formula is C22H19FN4O2S. The Hall–Kier alpha value is -3.36. The first-order valence-corrected chi connectivity index (χ1v) is 10.2. The molecule has 0 spiro atoms. The number of hydrogen-bond acceptors (Lipinski definition) is 5. The van der Waals surface area contributed by atoms with Crippen molar-refractivity contribution in [3.05, 3.63) is 98.5 Å². The molecule has 0 unspecified atom stereocenters. The fourth-order valence-electron chi connectivity index (χ4n) is 3.35. The normalized spacial score (nSPS) is 12.2. The second kappa shape index (κ2) is 8.56. The minimum absolute atomic E-state index is 0.216. The number of nitrogens with one attached hydrogen (secondary N) is 1. The molecule has 0 fully saturated rings. The number of hydrogen-bond donors (Lipinski definition) is 2. The van der Waals surface area contributed by atoms with Gasteiger partial charge < -0.3 is 5.73 Å². The van der Waals surface area contributed by atoms with Crippen LogP contribution >= 0.6 is 11.3 Å². The van der Waals surface area contributed by atoms with Crippen LogP contribution in [0.15, 0.2) is 70.8 Å². The Labute approximate surface area is 175 Å². The maximum atomic E-state index is 13.4. The lowest BCUT2D eigenvalue weighted by molar-refractivity contribution is -0.118. The number of nitrogens with zero attached hydrogens (tertiary/aromatic N) is 2. The molecule has 3 N–H and O–H groups in total. The van der Waals surface area contributed by atoms with Crippen molar-refractivity contribution < 1.29 is 9.18 Å². The molecule has 8 heteroatoms. The van der Waals surface area contributed by atoms with Crippen LogP contribution in [-0.4, -0.2) is 15.5 Å². The van der Waals surface area contributed by atoms with Crippen molar-refractivity contribution in [1.29, 1.82) is 0 Å². The Morgan fingerprint density at radius 1 is 1.13 bits per heavy atom. The summed E-state index contributed by atoms with van der Waals surface area (Å²) < 4.78 is 14.7. The zero-order chi connectivity index (χ0) is 21.1. The molecule has 0 bridgehead atoms. The number of para-hydroxylation sites is 1. The number of benzene rings is 2. The third kappa shape index (κ3) is 4.14. The first-order chi connectivity index (χ1) is 14.5. The summed E-state index contributed by atoms with van der Waals surface area (Å²) in [5.74, 6) is -0.528. The van der Waals surface area contributed by atoms with Crippen molar-refractivity contribution >= 4 is 28.1 Å². The number of thiophene rings is 1. The van der Waals surface area contributed by atoms with Gasteiger partial charge in [0.15, 0.2) is 0 Å². The highest BCUT2D eigenvalue weighted by molar-refractivity contribution is 7.10. The maximum Gasteiger partial charge on any atom is 0.261 e. The van der Waals surface area contributed by atoms with Crippen molar-refractivity contribution in [2.45, 2.75) is 19.1 Å². The molecule has 1 atom stereocenters. The van der Waals surface area contributed by atoms with Crippen LogP contribution in [0, 0.1) is 5.82 Å². The lowest BCUT2D eigenvalue weighted by atomic mass is 10.1. The van der Waals surface area contributed by atoms with Gasteiger partial charge in [0.05, 0.1) is 23.5 Å². The van der Waals surface area contributed by atoms with Crippen LogP contribution in [0.1, 0.15) is 22.3 Å². The Balaban J connectivity index is 1.72.